The molecule has 0 fully saturated rings. The van der Waals surface area contributed by atoms with E-state index < -0.39 is 7.32 Å². The van der Waals surface area contributed by atoms with Gasteiger partial charge in [-0.15, -0.1) is 0 Å². The van der Waals surface area contributed by atoms with Crippen molar-refractivity contribution >= 4 is 7.32 Å². The molecule has 0 bridgehead atoms. The Labute approximate surface area is 99.0 Å². The summed E-state index contributed by atoms with van der Waals surface area (Å²) < 4.78 is 10.6. The van der Waals surface area contributed by atoms with Gasteiger partial charge in [-0.25, -0.2) is 0 Å². The normalized spacial score (nSPS) is 23.9. The average Bonchev–Trinajstić information content (AvgIpc) is 2.66. The van der Waals surface area contributed by atoms with Crippen molar-refractivity contribution in [3.05, 3.63) is 48.1 Å². The summed E-state index contributed by atoms with van der Waals surface area (Å²) in [5, 5.41) is 17.5. The molecule has 86 valence electrons. The van der Waals surface area contributed by atoms with Crippen molar-refractivity contribution in [1.29, 1.82) is 0 Å². The quantitative estimate of drug-likeness (QED) is 0.744. The SMILES string of the molecule is OB(O)Oc1ccc2c(c1)C1C=CC=CC1O2. The Hall–Kier alpha value is -1.72. The second kappa shape index (κ2) is 3.94. The third-order valence-electron chi connectivity index (χ3n) is 2.93. The van der Waals surface area contributed by atoms with Gasteiger partial charge in [0, 0.05) is 11.5 Å². The van der Waals surface area contributed by atoms with Gasteiger partial charge in [0.1, 0.15) is 17.6 Å². The molecular weight excluding hydrogens is 219 g/mol. The maximum absolute atomic E-state index is 8.76. The van der Waals surface area contributed by atoms with E-state index in [4.69, 9.17) is 19.4 Å². The van der Waals surface area contributed by atoms with E-state index in [1.54, 1.807) is 18.2 Å². The molecular formula is C12H11BO4. The monoisotopic (exact) mass is 230 g/mol. The molecule has 1 aliphatic heterocycles. The second-order valence-electron chi connectivity index (χ2n) is 4.02. The number of hydrogen-bond donors (Lipinski definition) is 2. The highest BCUT2D eigenvalue weighted by Gasteiger charge is 2.32. The smallest absolute Gasteiger partial charge is 0.512 e. The molecule has 0 aromatic heterocycles. The van der Waals surface area contributed by atoms with E-state index in [1.807, 2.05) is 18.2 Å². The fraction of sp³-hybridized carbons (Fsp3) is 0.167. The van der Waals surface area contributed by atoms with Gasteiger partial charge in [-0.1, -0.05) is 18.2 Å². The third kappa shape index (κ3) is 1.83. The van der Waals surface area contributed by atoms with E-state index >= 15 is 0 Å². The Morgan fingerprint density at radius 3 is 2.82 bits per heavy atom. The van der Waals surface area contributed by atoms with Crippen LogP contribution in [0.25, 0.3) is 0 Å². The van der Waals surface area contributed by atoms with E-state index in [2.05, 4.69) is 6.08 Å². The minimum absolute atomic E-state index is 0.0318. The molecule has 2 unspecified atom stereocenters. The van der Waals surface area contributed by atoms with Crippen molar-refractivity contribution in [1.82, 2.24) is 0 Å². The summed E-state index contributed by atoms with van der Waals surface area (Å²) in [7, 11) is -1.80. The molecule has 0 amide bonds. The van der Waals surface area contributed by atoms with Crippen molar-refractivity contribution in [2.24, 2.45) is 0 Å². The highest BCUT2D eigenvalue weighted by molar-refractivity contribution is 6.33. The fourth-order valence-electron chi connectivity index (χ4n) is 2.22. The first-order chi connectivity index (χ1) is 8.24. The molecule has 1 aliphatic carbocycles. The van der Waals surface area contributed by atoms with Crippen LogP contribution in [-0.2, 0) is 0 Å². The number of hydrogen-bond acceptors (Lipinski definition) is 4. The Morgan fingerprint density at radius 2 is 2.00 bits per heavy atom. The molecule has 1 aromatic rings. The zero-order valence-electron chi connectivity index (χ0n) is 8.98. The summed E-state index contributed by atoms with van der Waals surface area (Å²) in [5.74, 6) is 1.41. The largest absolute Gasteiger partial charge is 0.707 e. The van der Waals surface area contributed by atoms with Crippen LogP contribution in [0.1, 0.15) is 11.5 Å². The Balaban J connectivity index is 1.94. The molecule has 0 saturated heterocycles. The number of fused-ring (bicyclic) bond motifs is 3. The molecule has 2 atom stereocenters. The van der Waals surface area contributed by atoms with Crippen LogP contribution in [0, 0.1) is 0 Å². The second-order valence-corrected chi connectivity index (χ2v) is 4.02. The molecule has 17 heavy (non-hydrogen) atoms. The van der Waals surface area contributed by atoms with Gasteiger partial charge >= 0.3 is 7.32 Å². The molecule has 0 spiro atoms. The zero-order chi connectivity index (χ0) is 11.8. The lowest BCUT2D eigenvalue weighted by Gasteiger charge is -2.14. The van der Waals surface area contributed by atoms with E-state index in [9.17, 15) is 0 Å². The van der Waals surface area contributed by atoms with E-state index in [-0.39, 0.29) is 12.0 Å². The van der Waals surface area contributed by atoms with Crippen LogP contribution < -0.4 is 9.39 Å². The highest BCUT2D eigenvalue weighted by atomic mass is 16.6. The number of allylic oxidation sites excluding steroid dienone is 2. The Kier molecular flexibility index (Phi) is 2.42. The van der Waals surface area contributed by atoms with Gasteiger partial charge in [0.15, 0.2) is 0 Å². The van der Waals surface area contributed by atoms with Gasteiger partial charge in [0.2, 0.25) is 0 Å². The van der Waals surface area contributed by atoms with Gasteiger partial charge in [-0.3, -0.25) is 0 Å². The maximum atomic E-state index is 8.76. The molecule has 2 aliphatic rings. The average molecular weight is 230 g/mol. The van der Waals surface area contributed by atoms with Crippen molar-refractivity contribution in [3.63, 3.8) is 0 Å². The molecule has 2 N–H and O–H groups in total. The van der Waals surface area contributed by atoms with Gasteiger partial charge in [0.25, 0.3) is 0 Å². The Morgan fingerprint density at radius 1 is 1.18 bits per heavy atom. The lowest BCUT2D eigenvalue weighted by molar-refractivity contribution is 0.268. The number of ether oxygens (including phenoxy) is 1. The number of benzene rings is 1. The van der Waals surface area contributed by atoms with Gasteiger partial charge in [-0.2, -0.15) is 0 Å². The van der Waals surface area contributed by atoms with E-state index in [0.29, 0.717) is 5.75 Å². The first kappa shape index (κ1) is 10.4. The van der Waals surface area contributed by atoms with Gasteiger partial charge in [-0.05, 0) is 24.3 Å². The topological polar surface area (TPSA) is 58.9 Å². The molecule has 1 heterocycles. The first-order valence-corrected chi connectivity index (χ1v) is 5.42. The summed E-state index contributed by atoms with van der Waals surface area (Å²) in [5.41, 5.74) is 1.01. The summed E-state index contributed by atoms with van der Waals surface area (Å²) in [6.45, 7) is 0. The lowest BCUT2D eigenvalue weighted by atomic mass is 9.92. The van der Waals surface area contributed by atoms with Crippen LogP contribution in [0.4, 0.5) is 0 Å². The molecule has 4 nitrogen and oxygen atoms in total. The highest BCUT2D eigenvalue weighted by Crippen LogP contribution is 2.42. The molecule has 0 saturated carbocycles. The van der Waals surface area contributed by atoms with Crippen LogP contribution in [-0.4, -0.2) is 23.5 Å². The summed E-state index contributed by atoms with van der Waals surface area (Å²) in [4.78, 5) is 0. The fourth-order valence-corrected chi connectivity index (χ4v) is 2.22. The van der Waals surface area contributed by atoms with Crippen LogP contribution in [0.15, 0.2) is 42.5 Å². The first-order valence-electron chi connectivity index (χ1n) is 5.42. The predicted octanol–water partition coefficient (Wildman–Crippen LogP) is 1.01. The lowest BCUT2D eigenvalue weighted by Crippen LogP contribution is -2.20. The minimum atomic E-state index is -1.80. The summed E-state index contributed by atoms with van der Waals surface area (Å²) in [6.07, 6.45) is 8.04. The van der Waals surface area contributed by atoms with E-state index in [0.717, 1.165) is 11.3 Å². The van der Waals surface area contributed by atoms with Crippen molar-refractivity contribution in [2.45, 2.75) is 12.0 Å². The minimum Gasteiger partial charge on any atom is -0.512 e. The van der Waals surface area contributed by atoms with E-state index in [1.165, 1.54) is 0 Å². The Bertz CT molecular complexity index is 495. The van der Waals surface area contributed by atoms with Gasteiger partial charge in [0.05, 0.1) is 0 Å². The van der Waals surface area contributed by atoms with Crippen molar-refractivity contribution < 1.29 is 19.4 Å². The predicted molar refractivity (Wildman–Crippen MR) is 62.7 cm³/mol. The van der Waals surface area contributed by atoms with Crippen LogP contribution in [0.2, 0.25) is 0 Å². The van der Waals surface area contributed by atoms with Crippen molar-refractivity contribution in [3.8, 4) is 11.5 Å². The van der Waals surface area contributed by atoms with Crippen LogP contribution >= 0.6 is 0 Å². The molecule has 0 radical (unpaired) electrons. The third-order valence-corrected chi connectivity index (χ3v) is 2.93. The van der Waals surface area contributed by atoms with Crippen molar-refractivity contribution in [2.75, 3.05) is 0 Å². The van der Waals surface area contributed by atoms with Crippen LogP contribution in [0.5, 0.6) is 11.5 Å². The standard InChI is InChI=1S/C12H11BO4/c14-13(15)17-8-5-6-12-10(7-8)9-3-1-2-4-11(9)16-12/h1-7,9,11,14-15H. The summed E-state index contributed by atoms with van der Waals surface area (Å²) in [6, 6.07) is 5.22. The maximum Gasteiger partial charge on any atom is 0.707 e. The molecule has 5 heteroatoms. The van der Waals surface area contributed by atoms with Gasteiger partial charge < -0.3 is 19.4 Å². The zero-order valence-corrected chi connectivity index (χ0v) is 8.98. The number of rotatable bonds is 2. The summed E-state index contributed by atoms with van der Waals surface area (Å²) >= 11 is 0. The van der Waals surface area contributed by atoms with Crippen LogP contribution in [0.3, 0.4) is 0 Å². The molecule has 3 rings (SSSR count). The molecule has 1 aromatic carbocycles.